The topological polar surface area (TPSA) is 62.3 Å². The molecule has 2 aromatic rings. The van der Waals surface area contributed by atoms with Crippen molar-refractivity contribution in [2.75, 3.05) is 16.4 Å². The van der Waals surface area contributed by atoms with E-state index < -0.39 is 9.84 Å². The van der Waals surface area contributed by atoms with Gasteiger partial charge >= 0.3 is 0 Å². The molecule has 2 atom stereocenters. The molecule has 9 heteroatoms. The van der Waals surface area contributed by atoms with Crippen LogP contribution in [-0.2, 0) is 9.84 Å². The molecule has 0 bridgehead atoms. The van der Waals surface area contributed by atoms with Crippen LogP contribution in [0.1, 0.15) is 0 Å². The van der Waals surface area contributed by atoms with Crippen molar-refractivity contribution < 1.29 is 12.8 Å². The van der Waals surface area contributed by atoms with E-state index in [1.54, 1.807) is 11.0 Å². The van der Waals surface area contributed by atoms with E-state index in [9.17, 15) is 12.8 Å². The van der Waals surface area contributed by atoms with Gasteiger partial charge in [0.15, 0.2) is 20.1 Å². The monoisotopic (exact) mass is 343 g/mol. The van der Waals surface area contributed by atoms with E-state index in [0.29, 0.717) is 15.8 Å². The van der Waals surface area contributed by atoms with Gasteiger partial charge in [0.1, 0.15) is 5.82 Å². The number of thiazole rings is 1. The van der Waals surface area contributed by atoms with Crippen molar-refractivity contribution in [2.45, 2.75) is 12.1 Å². The van der Waals surface area contributed by atoms with Crippen LogP contribution < -0.4 is 10.2 Å². The number of nitrogens with zero attached hydrogens (tertiary/aromatic N) is 2. The predicted molar refractivity (Wildman–Crippen MR) is 84.0 cm³/mol. The maximum atomic E-state index is 13.3. The van der Waals surface area contributed by atoms with Crippen LogP contribution in [0.5, 0.6) is 0 Å². The van der Waals surface area contributed by atoms with Gasteiger partial charge in [0.25, 0.3) is 0 Å². The standard InChI is InChI=1S/C12H10FN3O2S3/c13-6-1-2-7-10(3-6)20-12(15-7)16-9-5-21(17,18)4-8(9)14-11(16)19/h1-3,8-9H,4-5H2,(H,14,19). The lowest BCUT2D eigenvalue weighted by atomic mass is 10.2. The van der Waals surface area contributed by atoms with E-state index in [-0.39, 0.29) is 29.4 Å². The fourth-order valence-corrected chi connectivity index (χ4v) is 6.20. The van der Waals surface area contributed by atoms with Crippen molar-refractivity contribution in [1.82, 2.24) is 10.3 Å². The fraction of sp³-hybridized carbons (Fsp3) is 0.333. The Morgan fingerprint density at radius 1 is 1.43 bits per heavy atom. The van der Waals surface area contributed by atoms with Gasteiger partial charge in [-0.2, -0.15) is 0 Å². The van der Waals surface area contributed by atoms with Crippen molar-refractivity contribution in [3.05, 3.63) is 24.0 Å². The minimum Gasteiger partial charge on any atom is -0.356 e. The lowest BCUT2D eigenvalue weighted by molar-refractivity contribution is 0.600. The van der Waals surface area contributed by atoms with Crippen molar-refractivity contribution in [2.24, 2.45) is 0 Å². The molecule has 1 N–H and O–H groups in total. The van der Waals surface area contributed by atoms with Gasteiger partial charge in [0.05, 0.1) is 33.8 Å². The molecule has 4 rings (SSSR count). The van der Waals surface area contributed by atoms with E-state index in [2.05, 4.69) is 10.3 Å². The number of thiocarbonyl (C=S) groups is 1. The molecule has 0 spiro atoms. The molecule has 2 aliphatic heterocycles. The molecule has 2 saturated heterocycles. The maximum Gasteiger partial charge on any atom is 0.193 e. The summed E-state index contributed by atoms with van der Waals surface area (Å²) in [5.41, 5.74) is 0.684. The molecule has 2 aliphatic rings. The second-order valence-electron chi connectivity index (χ2n) is 5.18. The van der Waals surface area contributed by atoms with Gasteiger partial charge in [-0.1, -0.05) is 11.3 Å². The molecular weight excluding hydrogens is 333 g/mol. The highest BCUT2D eigenvalue weighted by Crippen LogP contribution is 2.35. The van der Waals surface area contributed by atoms with Crippen LogP contribution in [0.3, 0.4) is 0 Å². The maximum absolute atomic E-state index is 13.3. The zero-order valence-electron chi connectivity index (χ0n) is 10.6. The molecule has 0 radical (unpaired) electrons. The highest BCUT2D eigenvalue weighted by Gasteiger charge is 2.48. The van der Waals surface area contributed by atoms with Crippen LogP contribution in [-0.4, -0.2) is 42.1 Å². The summed E-state index contributed by atoms with van der Waals surface area (Å²) in [5, 5.41) is 4.14. The Morgan fingerprint density at radius 3 is 3.05 bits per heavy atom. The van der Waals surface area contributed by atoms with E-state index in [1.165, 1.54) is 23.5 Å². The Balaban J connectivity index is 1.78. The number of hydrogen-bond acceptors (Lipinski definition) is 5. The zero-order valence-corrected chi connectivity index (χ0v) is 13.1. The summed E-state index contributed by atoms with van der Waals surface area (Å²) in [6.07, 6.45) is 0. The number of anilines is 1. The Morgan fingerprint density at radius 2 is 2.24 bits per heavy atom. The van der Waals surface area contributed by atoms with E-state index in [1.807, 2.05) is 0 Å². The second-order valence-corrected chi connectivity index (χ2v) is 8.73. The third-order valence-electron chi connectivity index (χ3n) is 3.73. The van der Waals surface area contributed by atoms with Gasteiger partial charge in [0, 0.05) is 0 Å². The average molecular weight is 343 g/mol. The van der Waals surface area contributed by atoms with Gasteiger partial charge in [-0.15, -0.1) is 0 Å². The van der Waals surface area contributed by atoms with Gasteiger partial charge in [0.2, 0.25) is 0 Å². The van der Waals surface area contributed by atoms with Crippen LogP contribution in [0.4, 0.5) is 9.52 Å². The third kappa shape index (κ3) is 2.11. The fourth-order valence-electron chi connectivity index (χ4n) is 2.82. The summed E-state index contributed by atoms with van der Waals surface area (Å²) >= 11 is 6.61. The van der Waals surface area contributed by atoms with Crippen molar-refractivity contribution >= 4 is 53.9 Å². The molecule has 3 heterocycles. The van der Waals surface area contributed by atoms with E-state index in [0.717, 1.165) is 4.70 Å². The Hall–Kier alpha value is -1.32. The van der Waals surface area contributed by atoms with Gasteiger partial charge in [-0.05, 0) is 30.4 Å². The summed E-state index contributed by atoms with van der Waals surface area (Å²) in [7, 11) is -3.05. The lowest BCUT2D eigenvalue weighted by Gasteiger charge is -2.19. The summed E-state index contributed by atoms with van der Waals surface area (Å²) in [6, 6.07) is 3.97. The minimum absolute atomic E-state index is 0.0646. The number of nitrogens with one attached hydrogen (secondary N) is 1. The number of fused-ring (bicyclic) bond motifs is 2. The van der Waals surface area contributed by atoms with Crippen LogP contribution >= 0.6 is 23.6 Å². The lowest BCUT2D eigenvalue weighted by Crippen LogP contribution is -2.36. The first-order valence-corrected chi connectivity index (χ1v) is 9.34. The molecule has 2 fully saturated rings. The molecular formula is C12H10FN3O2S3. The summed E-state index contributed by atoms with van der Waals surface area (Å²) < 4.78 is 37.5. The van der Waals surface area contributed by atoms with Gasteiger partial charge in [-0.25, -0.2) is 17.8 Å². The van der Waals surface area contributed by atoms with E-state index >= 15 is 0 Å². The van der Waals surface area contributed by atoms with Crippen LogP contribution in [0.2, 0.25) is 0 Å². The zero-order chi connectivity index (χ0) is 14.8. The smallest absolute Gasteiger partial charge is 0.193 e. The van der Waals surface area contributed by atoms with Crippen molar-refractivity contribution in [3.8, 4) is 0 Å². The number of aromatic nitrogens is 1. The molecule has 1 aromatic heterocycles. The number of hydrogen-bond donors (Lipinski definition) is 1. The highest BCUT2D eigenvalue weighted by atomic mass is 32.2. The first-order chi connectivity index (χ1) is 9.93. The number of sulfone groups is 1. The van der Waals surface area contributed by atoms with Crippen molar-refractivity contribution in [1.29, 1.82) is 0 Å². The first-order valence-electron chi connectivity index (χ1n) is 6.29. The molecule has 110 valence electrons. The predicted octanol–water partition coefficient (Wildman–Crippen LogP) is 1.30. The molecule has 5 nitrogen and oxygen atoms in total. The molecule has 1 aromatic carbocycles. The molecule has 2 unspecified atom stereocenters. The van der Waals surface area contributed by atoms with Crippen LogP contribution in [0.25, 0.3) is 10.2 Å². The van der Waals surface area contributed by atoms with Crippen LogP contribution in [0, 0.1) is 5.82 Å². The summed E-state index contributed by atoms with van der Waals surface area (Å²) in [4.78, 5) is 6.21. The second kappa shape index (κ2) is 4.34. The minimum atomic E-state index is -3.05. The number of rotatable bonds is 1. The highest BCUT2D eigenvalue weighted by molar-refractivity contribution is 7.91. The largest absolute Gasteiger partial charge is 0.356 e. The average Bonchev–Trinajstić information content (AvgIpc) is 2.97. The Labute approximate surface area is 129 Å². The molecule has 0 saturated carbocycles. The van der Waals surface area contributed by atoms with Crippen molar-refractivity contribution in [3.63, 3.8) is 0 Å². The van der Waals surface area contributed by atoms with Gasteiger partial charge < -0.3 is 5.32 Å². The normalized spacial score (nSPS) is 27.1. The number of halogens is 1. The Kier molecular flexibility index (Phi) is 2.76. The first kappa shape index (κ1) is 13.4. The van der Waals surface area contributed by atoms with E-state index in [4.69, 9.17) is 12.2 Å². The number of benzene rings is 1. The summed E-state index contributed by atoms with van der Waals surface area (Å²) in [5.74, 6) is -0.163. The summed E-state index contributed by atoms with van der Waals surface area (Å²) in [6.45, 7) is 0. The van der Waals surface area contributed by atoms with Gasteiger partial charge in [-0.3, -0.25) is 4.90 Å². The molecule has 0 amide bonds. The van der Waals surface area contributed by atoms with Crippen LogP contribution in [0.15, 0.2) is 18.2 Å². The third-order valence-corrected chi connectivity index (χ3v) is 6.78. The molecule has 0 aliphatic carbocycles. The Bertz CT molecular complexity index is 864. The SMILES string of the molecule is O=S1(=O)CC2NC(=S)N(c3nc4ccc(F)cc4s3)C2C1. The molecule has 21 heavy (non-hydrogen) atoms. The quantitative estimate of drug-likeness (QED) is 0.788.